The van der Waals surface area contributed by atoms with E-state index in [4.69, 9.17) is 32.1 Å². The first kappa shape index (κ1) is 21.4. The second-order valence-electron chi connectivity index (χ2n) is 9.35. The zero-order valence-electron chi connectivity index (χ0n) is 22.1. The van der Waals surface area contributed by atoms with Gasteiger partial charge in [-0.3, -0.25) is 4.79 Å². The number of carbonyl (C=O) groups is 1. The van der Waals surface area contributed by atoms with Gasteiger partial charge in [0.05, 0.1) is 33.8 Å². The molecule has 4 rings (SSSR count). The molecule has 1 aliphatic heterocycles. The minimum absolute atomic E-state index is 0.0127. The number of likely N-dealkylation sites (tertiary alicyclic amines) is 1. The maximum atomic E-state index is 15.3. The number of hydrogen-bond donors (Lipinski definition) is 1. The Morgan fingerprint density at radius 3 is 2.69 bits per heavy atom. The Kier molecular flexibility index (Phi) is 5.47. The summed E-state index contributed by atoms with van der Waals surface area (Å²) in [5.74, 6) is -1.62. The molecule has 1 aliphatic rings. The highest BCUT2D eigenvalue weighted by Gasteiger charge is 2.46. The summed E-state index contributed by atoms with van der Waals surface area (Å²) in [5.41, 5.74) is -3.55. The molecule has 1 amide bonds. The largest absolute Gasteiger partial charge is 0.444 e. The third kappa shape index (κ3) is 4.79. The van der Waals surface area contributed by atoms with Gasteiger partial charge in [-0.25, -0.2) is 18.6 Å². The van der Waals surface area contributed by atoms with E-state index in [1.54, 1.807) is 20.8 Å². The molecule has 3 aromatic rings. The fourth-order valence-corrected chi connectivity index (χ4v) is 4.66. The summed E-state index contributed by atoms with van der Waals surface area (Å²) in [5, 5.41) is 2.72. The predicted molar refractivity (Wildman–Crippen MR) is 131 cm³/mol. The summed E-state index contributed by atoms with van der Waals surface area (Å²) in [6.45, 7) is 2.28. The van der Waals surface area contributed by atoms with Crippen molar-refractivity contribution in [3.8, 4) is 0 Å². The summed E-state index contributed by atoms with van der Waals surface area (Å²) >= 11 is 12.6. The van der Waals surface area contributed by atoms with Crippen molar-refractivity contribution in [2.75, 3.05) is 18.4 Å². The number of benzene rings is 2. The molecule has 0 radical (unpaired) electrons. The summed E-state index contributed by atoms with van der Waals surface area (Å²) < 4.78 is 58.9. The van der Waals surface area contributed by atoms with Crippen LogP contribution in [-0.4, -0.2) is 39.2 Å². The topological polar surface area (TPSA) is 76.5 Å². The number of nitrogens with one attached hydrogen (secondary N) is 1. The molecule has 0 aliphatic carbocycles. The highest BCUT2D eigenvalue weighted by molar-refractivity contribution is 6.42. The second kappa shape index (κ2) is 8.95. The number of fused-ring (bicyclic) bond motifs is 1. The standard InChI is InChI=1S/C24H24Cl2F2N4O3/c1-23(2,3)35-22(34)32-8-7-24(11-32,18-16(27)6-5-15(25)19(18)26)30-13-9-14-20(17(28)10-13)29-12-31(4)21(14)33/h5-6,9-10,12,30H,7-8,11H2,1-4H3/i4D3. The van der Waals surface area contributed by atoms with Gasteiger partial charge in [0.1, 0.15) is 16.9 Å². The number of amides is 1. The van der Waals surface area contributed by atoms with Crippen LogP contribution in [0, 0.1) is 11.6 Å². The minimum Gasteiger partial charge on any atom is -0.444 e. The first-order chi connectivity index (χ1) is 17.5. The lowest BCUT2D eigenvalue weighted by Crippen LogP contribution is -2.42. The SMILES string of the molecule is [2H]C([2H])([2H])n1cnc2c(F)cc(NC3(c4c(F)ccc(Cl)c4Cl)CCN(C(=O)OC(C)(C)C)C3)cc2c1=O. The van der Waals surface area contributed by atoms with E-state index < -0.39 is 41.4 Å². The Balaban J connectivity index is 1.85. The van der Waals surface area contributed by atoms with E-state index in [9.17, 15) is 9.59 Å². The summed E-state index contributed by atoms with van der Waals surface area (Å²) in [6, 6.07) is 4.69. The maximum absolute atomic E-state index is 15.3. The molecule has 0 spiro atoms. The van der Waals surface area contributed by atoms with Crippen molar-refractivity contribution in [3.63, 3.8) is 0 Å². The van der Waals surface area contributed by atoms with E-state index in [0.29, 0.717) is 4.57 Å². The van der Waals surface area contributed by atoms with Gasteiger partial charge < -0.3 is 19.5 Å². The lowest BCUT2D eigenvalue weighted by Gasteiger charge is -2.34. The molecule has 2 aromatic carbocycles. The maximum Gasteiger partial charge on any atom is 0.410 e. The van der Waals surface area contributed by atoms with E-state index in [0.717, 1.165) is 18.5 Å². The second-order valence-corrected chi connectivity index (χ2v) is 10.1. The first-order valence-electron chi connectivity index (χ1n) is 12.1. The van der Waals surface area contributed by atoms with Crippen LogP contribution in [-0.2, 0) is 17.3 Å². The predicted octanol–water partition coefficient (Wildman–Crippen LogP) is 5.47. The Morgan fingerprint density at radius 1 is 1.26 bits per heavy atom. The van der Waals surface area contributed by atoms with Gasteiger partial charge >= 0.3 is 6.09 Å². The van der Waals surface area contributed by atoms with Crippen molar-refractivity contribution >= 4 is 45.9 Å². The van der Waals surface area contributed by atoms with Gasteiger partial charge in [-0.1, -0.05) is 23.2 Å². The zero-order valence-corrected chi connectivity index (χ0v) is 20.6. The van der Waals surface area contributed by atoms with E-state index in [2.05, 4.69) is 10.3 Å². The third-order valence-electron chi connectivity index (χ3n) is 5.64. The molecule has 0 bridgehead atoms. The zero-order chi connectivity index (χ0) is 28.2. The van der Waals surface area contributed by atoms with Crippen LogP contribution >= 0.6 is 23.2 Å². The molecule has 1 unspecified atom stereocenters. The molecular weight excluding hydrogens is 501 g/mol. The van der Waals surface area contributed by atoms with Crippen molar-refractivity contribution in [3.05, 3.63) is 68.2 Å². The van der Waals surface area contributed by atoms with E-state index in [-0.39, 0.29) is 51.7 Å². The molecule has 35 heavy (non-hydrogen) atoms. The lowest BCUT2D eigenvalue weighted by atomic mass is 9.87. The van der Waals surface area contributed by atoms with Crippen LogP contribution in [0.15, 0.2) is 35.4 Å². The van der Waals surface area contributed by atoms with Crippen molar-refractivity contribution in [2.45, 2.75) is 38.3 Å². The molecule has 7 nitrogen and oxygen atoms in total. The number of anilines is 1. The number of ether oxygens (including phenoxy) is 1. The van der Waals surface area contributed by atoms with E-state index in [1.165, 1.54) is 17.0 Å². The number of rotatable bonds is 3. The Labute approximate surface area is 214 Å². The van der Waals surface area contributed by atoms with Crippen LogP contribution in [0.4, 0.5) is 19.3 Å². The molecule has 1 atom stereocenters. The number of hydrogen-bond acceptors (Lipinski definition) is 5. The van der Waals surface area contributed by atoms with Gasteiger partial charge in [0.25, 0.3) is 5.56 Å². The Bertz CT molecular complexity index is 1490. The first-order valence-corrected chi connectivity index (χ1v) is 11.4. The lowest BCUT2D eigenvalue weighted by molar-refractivity contribution is 0.0286. The quantitative estimate of drug-likeness (QED) is 0.457. The molecule has 11 heteroatoms. The fraction of sp³-hybridized carbons (Fsp3) is 0.375. The van der Waals surface area contributed by atoms with Crippen LogP contribution in [0.5, 0.6) is 0 Å². The van der Waals surface area contributed by atoms with Crippen molar-refractivity contribution in [2.24, 2.45) is 6.98 Å². The highest BCUT2D eigenvalue weighted by Crippen LogP contribution is 2.43. The van der Waals surface area contributed by atoms with Crippen LogP contribution in [0.25, 0.3) is 10.9 Å². The van der Waals surface area contributed by atoms with Gasteiger partial charge in [-0.15, -0.1) is 0 Å². The molecule has 1 fully saturated rings. The normalized spacial score (nSPS) is 19.9. The summed E-state index contributed by atoms with van der Waals surface area (Å²) in [4.78, 5) is 30.9. The van der Waals surface area contributed by atoms with Gasteiger partial charge in [0.15, 0.2) is 5.82 Å². The smallest absolute Gasteiger partial charge is 0.410 e. The monoisotopic (exact) mass is 527 g/mol. The van der Waals surface area contributed by atoms with Gasteiger partial charge in [0, 0.05) is 28.9 Å². The van der Waals surface area contributed by atoms with Crippen molar-refractivity contribution in [1.29, 1.82) is 0 Å². The van der Waals surface area contributed by atoms with Crippen LogP contribution < -0.4 is 10.9 Å². The van der Waals surface area contributed by atoms with E-state index >= 15 is 8.78 Å². The molecule has 1 aromatic heterocycles. The van der Waals surface area contributed by atoms with Gasteiger partial charge in [-0.05, 0) is 51.5 Å². The molecule has 0 saturated carbocycles. The fourth-order valence-electron chi connectivity index (χ4n) is 4.17. The molecule has 1 saturated heterocycles. The van der Waals surface area contributed by atoms with Gasteiger partial charge in [0.2, 0.25) is 0 Å². The van der Waals surface area contributed by atoms with Crippen LogP contribution in [0.3, 0.4) is 0 Å². The number of aromatic nitrogens is 2. The van der Waals surface area contributed by atoms with Gasteiger partial charge in [-0.2, -0.15) is 0 Å². The molecule has 186 valence electrons. The molecule has 2 heterocycles. The number of nitrogens with zero attached hydrogens (tertiary/aromatic N) is 3. The summed E-state index contributed by atoms with van der Waals surface area (Å²) in [7, 11) is 0. The van der Waals surface area contributed by atoms with Crippen LogP contribution in [0.1, 0.15) is 36.9 Å². The van der Waals surface area contributed by atoms with E-state index in [1.807, 2.05) is 0 Å². The molecule has 1 N–H and O–H groups in total. The average Bonchev–Trinajstić information content (AvgIpc) is 3.20. The van der Waals surface area contributed by atoms with Crippen molar-refractivity contribution in [1.82, 2.24) is 14.5 Å². The van der Waals surface area contributed by atoms with Crippen molar-refractivity contribution < 1.29 is 22.4 Å². The third-order valence-corrected chi connectivity index (χ3v) is 6.45. The Morgan fingerprint density at radius 2 is 2.00 bits per heavy atom. The minimum atomic E-state index is -2.84. The number of aryl methyl sites for hydroxylation is 1. The number of carbonyl (C=O) groups excluding carboxylic acids is 1. The molecular formula is C24H24Cl2F2N4O3. The van der Waals surface area contributed by atoms with Crippen LogP contribution in [0.2, 0.25) is 10.0 Å². The average molecular weight is 528 g/mol. The highest BCUT2D eigenvalue weighted by atomic mass is 35.5. The Hall–Kier alpha value is -2.91. The number of halogens is 4. The summed E-state index contributed by atoms with van der Waals surface area (Å²) in [6.07, 6.45) is 0.232.